The van der Waals surface area contributed by atoms with Crippen molar-refractivity contribution in [3.8, 4) is 0 Å². The standard InChI is InChI=1S/C32H35FN6O3/c1-21(2)29-26(35-20-39(29)14-4-13-38-15-11-34-12-16-38)19-28-32(42)36-27(31(41)37-28)18-22-5-3-6-24(17-22)30(40)23-7-9-25(33)10-8-23/h3,5-10,17-21,34H,4,11-16H2,1-2H3,(H,36,42)(H,37,41)/b27-18-,28-19-. The van der Waals surface area contributed by atoms with E-state index in [1.165, 1.54) is 30.3 Å². The van der Waals surface area contributed by atoms with E-state index in [1.807, 2.05) is 0 Å². The number of H-pyrrole nitrogens is 2. The molecule has 218 valence electrons. The number of halogens is 1. The van der Waals surface area contributed by atoms with Gasteiger partial charge in [0.15, 0.2) is 5.78 Å². The molecule has 42 heavy (non-hydrogen) atoms. The lowest BCUT2D eigenvalue weighted by Crippen LogP contribution is -2.46. The second-order valence-corrected chi connectivity index (χ2v) is 10.8. The van der Waals surface area contributed by atoms with Crippen LogP contribution in [0.15, 0.2) is 64.4 Å². The summed E-state index contributed by atoms with van der Waals surface area (Å²) in [6, 6.07) is 12.0. The number of hydrogen-bond acceptors (Lipinski definition) is 6. The van der Waals surface area contributed by atoms with Crippen LogP contribution in [0, 0.1) is 5.82 Å². The molecule has 10 heteroatoms. The van der Waals surface area contributed by atoms with Crippen LogP contribution in [0.3, 0.4) is 0 Å². The fourth-order valence-corrected chi connectivity index (χ4v) is 5.26. The van der Waals surface area contributed by atoms with Crippen LogP contribution in [0.5, 0.6) is 0 Å². The predicted molar refractivity (Wildman–Crippen MR) is 161 cm³/mol. The van der Waals surface area contributed by atoms with E-state index < -0.39 is 16.9 Å². The van der Waals surface area contributed by atoms with Gasteiger partial charge < -0.3 is 24.8 Å². The van der Waals surface area contributed by atoms with Crippen LogP contribution in [-0.2, 0) is 6.54 Å². The number of aryl methyl sites for hydroxylation is 1. The number of aromatic amines is 2. The molecule has 0 saturated carbocycles. The van der Waals surface area contributed by atoms with E-state index in [4.69, 9.17) is 0 Å². The summed E-state index contributed by atoms with van der Waals surface area (Å²) in [7, 11) is 0. The van der Waals surface area contributed by atoms with Crippen molar-refractivity contribution in [3.63, 3.8) is 0 Å². The number of imidazole rings is 1. The van der Waals surface area contributed by atoms with Gasteiger partial charge in [0.25, 0.3) is 11.1 Å². The molecule has 4 aromatic rings. The lowest BCUT2D eigenvalue weighted by atomic mass is 10.0. The summed E-state index contributed by atoms with van der Waals surface area (Å²) in [5.74, 6) is -0.532. The number of ketones is 1. The number of rotatable bonds is 9. The number of hydrogen-bond donors (Lipinski definition) is 3. The van der Waals surface area contributed by atoms with Gasteiger partial charge in [-0.1, -0.05) is 32.0 Å². The van der Waals surface area contributed by atoms with E-state index in [2.05, 4.69) is 43.6 Å². The average Bonchev–Trinajstić information content (AvgIpc) is 3.39. The molecule has 3 heterocycles. The molecule has 0 aliphatic carbocycles. The van der Waals surface area contributed by atoms with Gasteiger partial charge >= 0.3 is 0 Å². The summed E-state index contributed by atoms with van der Waals surface area (Å²) in [4.78, 5) is 51.2. The Morgan fingerprint density at radius 1 is 0.952 bits per heavy atom. The van der Waals surface area contributed by atoms with Gasteiger partial charge in [-0.25, -0.2) is 9.37 Å². The summed E-state index contributed by atoms with van der Waals surface area (Å²) in [5, 5.41) is 3.55. The molecule has 0 bridgehead atoms. The van der Waals surface area contributed by atoms with Gasteiger partial charge in [-0.05, 0) is 66.9 Å². The van der Waals surface area contributed by atoms with Crippen molar-refractivity contribution in [2.24, 2.45) is 0 Å². The molecule has 0 amide bonds. The Hall–Kier alpha value is -4.41. The highest BCUT2D eigenvalue weighted by Gasteiger charge is 2.15. The second-order valence-electron chi connectivity index (χ2n) is 10.8. The first-order valence-electron chi connectivity index (χ1n) is 14.2. The van der Waals surface area contributed by atoms with E-state index in [1.54, 1.807) is 36.7 Å². The number of nitrogens with zero attached hydrogens (tertiary/aromatic N) is 3. The molecule has 3 N–H and O–H groups in total. The zero-order valence-corrected chi connectivity index (χ0v) is 23.8. The molecule has 0 atom stereocenters. The average molecular weight is 571 g/mol. The molecule has 2 aromatic heterocycles. The van der Waals surface area contributed by atoms with Gasteiger partial charge in [0, 0.05) is 49.5 Å². The van der Waals surface area contributed by atoms with Crippen molar-refractivity contribution >= 4 is 17.9 Å². The van der Waals surface area contributed by atoms with Crippen LogP contribution in [0.25, 0.3) is 12.2 Å². The Bertz CT molecular complexity index is 1800. The first kappa shape index (κ1) is 29.1. The Morgan fingerprint density at radius 3 is 2.33 bits per heavy atom. The summed E-state index contributed by atoms with van der Waals surface area (Å²) in [6.07, 6.45) is 5.92. The Kier molecular flexibility index (Phi) is 9.04. The molecule has 1 aliphatic rings. The minimum atomic E-state index is -0.474. The lowest BCUT2D eigenvalue weighted by molar-refractivity contribution is 0.103. The van der Waals surface area contributed by atoms with Gasteiger partial charge in [0.1, 0.15) is 16.5 Å². The van der Waals surface area contributed by atoms with Crippen molar-refractivity contribution in [2.45, 2.75) is 32.7 Å². The van der Waals surface area contributed by atoms with Crippen LogP contribution in [0.1, 0.15) is 59.1 Å². The van der Waals surface area contributed by atoms with Crippen LogP contribution in [0.4, 0.5) is 4.39 Å². The van der Waals surface area contributed by atoms with E-state index >= 15 is 0 Å². The maximum atomic E-state index is 13.3. The molecular weight excluding hydrogens is 535 g/mol. The van der Waals surface area contributed by atoms with Crippen molar-refractivity contribution in [2.75, 3.05) is 32.7 Å². The summed E-state index contributed by atoms with van der Waals surface area (Å²) in [6.45, 7) is 10.2. The molecule has 1 fully saturated rings. The van der Waals surface area contributed by atoms with Crippen molar-refractivity contribution < 1.29 is 9.18 Å². The smallest absolute Gasteiger partial charge is 0.272 e. The highest BCUT2D eigenvalue weighted by Crippen LogP contribution is 2.20. The van der Waals surface area contributed by atoms with Gasteiger partial charge in [-0.15, -0.1) is 0 Å². The maximum absolute atomic E-state index is 13.3. The molecule has 1 aliphatic heterocycles. The summed E-state index contributed by atoms with van der Waals surface area (Å²) in [5.41, 5.74) is 2.01. The van der Waals surface area contributed by atoms with Crippen LogP contribution >= 0.6 is 0 Å². The number of carbonyl (C=O) groups is 1. The fourth-order valence-electron chi connectivity index (χ4n) is 5.26. The van der Waals surface area contributed by atoms with E-state index in [9.17, 15) is 18.8 Å². The molecule has 0 unspecified atom stereocenters. The van der Waals surface area contributed by atoms with E-state index in [0.717, 1.165) is 51.4 Å². The number of piperazine rings is 1. The second kappa shape index (κ2) is 13.1. The van der Waals surface area contributed by atoms with Crippen molar-refractivity contribution in [3.05, 3.63) is 120 Å². The SMILES string of the molecule is CC(C)c1c(/C=c2\[nH]c(=O)/c(=C/c3cccc(C(=O)c4ccc(F)cc4)c3)[nH]c2=O)ncn1CCCN1CCNCC1. The normalized spacial score (nSPS) is 15.0. The first-order valence-corrected chi connectivity index (χ1v) is 14.2. The van der Waals surface area contributed by atoms with Crippen LogP contribution in [0.2, 0.25) is 0 Å². The number of aromatic nitrogens is 4. The Morgan fingerprint density at radius 2 is 1.64 bits per heavy atom. The topological polar surface area (TPSA) is 116 Å². The van der Waals surface area contributed by atoms with Gasteiger partial charge in [-0.3, -0.25) is 14.4 Å². The van der Waals surface area contributed by atoms with Crippen LogP contribution < -0.4 is 27.1 Å². The quantitative estimate of drug-likeness (QED) is 0.264. The summed E-state index contributed by atoms with van der Waals surface area (Å²) < 4.78 is 15.4. The van der Waals surface area contributed by atoms with E-state index in [0.29, 0.717) is 22.4 Å². The molecule has 2 aromatic carbocycles. The molecule has 0 radical (unpaired) electrons. The van der Waals surface area contributed by atoms with Gasteiger partial charge in [-0.2, -0.15) is 0 Å². The third-order valence-corrected chi connectivity index (χ3v) is 7.37. The lowest BCUT2D eigenvalue weighted by Gasteiger charge is -2.27. The van der Waals surface area contributed by atoms with Gasteiger partial charge in [0.05, 0.1) is 12.0 Å². The van der Waals surface area contributed by atoms with Gasteiger partial charge in [0.2, 0.25) is 0 Å². The summed E-state index contributed by atoms with van der Waals surface area (Å²) >= 11 is 0. The molecule has 5 rings (SSSR count). The Balaban J connectivity index is 1.39. The predicted octanol–water partition coefficient (Wildman–Crippen LogP) is 1.71. The first-order chi connectivity index (χ1) is 20.3. The maximum Gasteiger partial charge on any atom is 0.272 e. The monoisotopic (exact) mass is 570 g/mol. The zero-order chi connectivity index (χ0) is 29.6. The molecule has 9 nitrogen and oxygen atoms in total. The van der Waals surface area contributed by atoms with Crippen molar-refractivity contribution in [1.82, 2.24) is 29.7 Å². The molecule has 1 saturated heterocycles. The third-order valence-electron chi connectivity index (χ3n) is 7.37. The Labute approximate surface area is 242 Å². The zero-order valence-electron chi connectivity index (χ0n) is 23.8. The molecular formula is C32H35FN6O3. The largest absolute Gasteiger partial charge is 0.334 e. The van der Waals surface area contributed by atoms with Crippen molar-refractivity contribution in [1.29, 1.82) is 0 Å². The fraction of sp³-hybridized carbons (Fsp3) is 0.312. The molecule has 0 spiro atoms. The number of nitrogens with one attached hydrogen (secondary N) is 3. The third kappa shape index (κ3) is 6.89. The highest BCUT2D eigenvalue weighted by molar-refractivity contribution is 6.09. The van der Waals surface area contributed by atoms with E-state index in [-0.39, 0.29) is 22.4 Å². The minimum Gasteiger partial charge on any atom is -0.334 e. The highest BCUT2D eigenvalue weighted by atomic mass is 19.1. The number of benzene rings is 2. The van der Waals surface area contributed by atoms with Crippen LogP contribution in [-0.4, -0.2) is 62.9 Å². The minimum absolute atomic E-state index is 0.0612. The number of carbonyl (C=O) groups excluding carboxylic acids is 1.